The molecule has 0 spiro atoms. The van der Waals surface area contributed by atoms with Crippen molar-refractivity contribution in [2.75, 3.05) is 18.8 Å². The number of sulfonamides is 1. The molecule has 1 aromatic carbocycles. The van der Waals surface area contributed by atoms with E-state index in [-0.39, 0.29) is 0 Å². The zero-order valence-corrected chi connectivity index (χ0v) is 13.0. The van der Waals surface area contributed by atoms with Crippen molar-refractivity contribution < 1.29 is 8.42 Å². The van der Waals surface area contributed by atoms with Crippen molar-refractivity contribution in [1.82, 2.24) is 4.31 Å². The van der Waals surface area contributed by atoms with Crippen molar-refractivity contribution >= 4 is 31.6 Å². The van der Waals surface area contributed by atoms with Crippen LogP contribution in [0.25, 0.3) is 0 Å². The maximum Gasteiger partial charge on any atom is 0.243 e. The third-order valence-corrected chi connectivity index (χ3v) is 6.82. The molecule has 2 fully saturated rings. The molecule has 1 aromatic rings. The van der Waals surface area contributed by atoms with Crippen molar-refractivity contribution in [1.29, 1.82) is 0 Å². The summed E-state index contributed by atoms with van der Waals surface area (Å²) in [6.07, 6.45) is 3.58. The summed E-state index contributed by atoms with van der Waals surface area (Å²) in [6.45, 7) is 1.35. The van der Waals surface area contributed by atoms with Gasteiger partial charge in [-0.3, -0.25) is 0 Å². The third-order valence-electron chi connectivity index (χ3n) is 4.30. The number of nitrogens with zero attached hydrogens (tertiary/aromatic N) is 1. The topological polar surface area (TPSA) is 63.4 Å². The SMILES string of the molecule is Nc1ccc(S(=O)(=O)N2CC3CCCC3C2)cc1Br. The Balaban J connectivity index is 1.88. The van der Waals surface area contributed by atoms with E-state index >= 15 is 0 Å². The molecule has 1 saturated heterocycles. The molecule has 3 rings (SSSR count). The highest BCUT2D eigenvalue weighted by Gasteiger charge is 2.41. The summed E-state index contributed by atoms with van der Waals surface area (Å²) in [7, 11) is -3.37. The normalized spacial score (nSPS) is 27.6. The van der Waals surface area contributed by atoms with E-state index in [4.69, 9.17) is 5.73 Å². The maximum atomic E-state index is 12.6. The number of rotatable bonds is 2. The smallest absolute Gasteiger partial charge is 0.243 e. The van der Waals surface area contributed by atoms with E-state index in [1.165, 1.54) is 19.3 Å². The molecule has 19 heavy (non-hydrogen) atoms. The minimum Gasteiger partial charge on any atom is -0.398 e. The molecule has 0 aromatic heterocycles. The van der Waals surface area contributed by atoms with Crippen LogP contribution in [0.1, 0.15) is 19.3 Å². The molecule has 2 N–H and O–H groups in total. The van der Waals surface area contributed by atoms with Gasteiger partial charge in [-0.2, -0.15) is 4.31 Å². The maximum absolute atomic E-state index is 12.6. The quantitative estimate of drug-likeness (QED) is 0.838. The van der Waals surface area contributed by atoms with Crippen LogP contribution >= 0.6 is 15.9 Å². The standard InChI is InChI=1S/C13H17BrN2O2S/c14-12-6-11(4-5-13(12)15)19(17,18)16-7-9-2-1-3-10(9)8-16/h4-6,9-10H,1-3,7-8,15H2. The number of hydrogen-bond acceptors (Lipinski definition) is 3. The van der Waals surface area contributed by atoms with Gasteiger partial charge in [-0.05, 0) is 58.8 Å². The first kappa shape index (κ1) is 13.4. The first-order valence-electron chi connectivity index (χ1n) is 6.53. The van der Waals surface area contributed by atoms with Gasteiger partial charge in [0.05, 0.1) is 4.90 Å². The van der Waals surface area contributed by atoms with E-state index in [2.05, 4.69) is 15.9 Å². The Bertz CT molecular complexity index is 591. The minimum atomic E-state index is -3.37. The van der Waals surface area contributed by atoms with Gasteiger partial charge in [0, 0.05) is 23.2 Å². The molecule has 6 heteroatoms. The molecular formula is C13H17BrN2O2S. The summed E-state index contributed by atoms with van der Waals surface area (Å²) in [5.41, 5.74) is 6.26. The molecule has 1 heterocycles. The van der Waals surface area contributed by atoms with Gasteiger partial charge in [-0.25, -0.2) is 8.42 Å². The number of fused-ring (bicyclic) bond motifs is 1. The van der Waals surface area contributed by atoms with Crippen molar-refractivity contribution in [3.05, 3.63) is 22.7 Å². The molecular weight excluding hydrogens is 328 g/mol. The molecule has 2 unspecified atom stereocenters. The van der Waals surface area contributed by atoms with Crippen LogP contribution in [0.3, 0.4) is 0 Å². The fourth-order valence-corrected chi connectivity index (χ4v) is 5.32. The molecule has 2 aliphatic rings. The Labute approximate surface area is 122 Å². The van der Waals surface area contributed by atoms with Crippen molar-refractivity contribution in [2.45, 2.75) is 24.2 Å². The summed E-state index contributed by atoms with van der Waals surface area (Å²) < 4.78 is 27.5. The van der Waals surface area contributed by atoms with Crippen LogP contribution in [0.5, 0.6) is 0 Å². The fraction of sp³-hybridized carbons (Fsp3) is 0.538. The largest absolute Gasteiger partial charge is 0.398 e. The Hall–Kier alpha value is -0.590. The van der Waals surface area contributed by atoms with Gasteiger partial charge in [-0.1, -0.05) is 6.42 Å². The van der Waals surface area contributed by atoms with Crippen LogP contribution in [0, 0.1) is 11.8 Å². The Morgan fingerprint density at radius 1 is 1.21 bits per heavy atom. The van der Waals surface area contributed by atoms with Crippen LogP contribution in [-0.4, -0.2) is 25.8 Å². The lowest BCUT2D eigenvalue weighted by Gasteiger charge is -2.17. The first-order chi connectivity index (χ1) is 8.98. The van der Waals surface area contributed by atoms with E-state index in [0.29, 0.717) is 40.0 Å². The highest BCUT2D eigenvalue weighted by atomic mass is 79.9. The predicted octanol–water partition coefficient (Wildman–Crippen LogP) is 2.45. The molecule has 0 radical (unpaired) electrons. The zero-order valence-electron chi connectivity index (χ0n) is 10.5. The Kier molecular flexibility index (Phi) is 3.35. The number of nitrogen functional groups attached to an aromatic ring is 1. The number of benzene rings is 1. The minimum absolute atomic E-state index is 0.327. The lowest BCUT2D eigenvalue weighted by atomic mass is 10.0. The van der Waals surface area contributed by atoms with Gasteiger partial charge in [-0.15, -0.1) is 0 Å². The average Bonchev–Trinajstić information content (AvgIpc) is 2.93. The molecule has 0 amide bonds. The van der Waals surface area contributed by atoms with E-state index in [9.17, 15) is 8.42 Å². The van der Waals surface area contributed by atoms with Crippen LogP contribution in [0.15, 0.2) is 27.6 Å². The average molecular weight is 345 g/mol. The molecule has 4 nitrogen and oxygen atoms in total. The van der Waals surface area contributed by atoms with E-state index in [0.717, 1.165) is 0 Å². The monoisotopic (exact) mass is 344 g/mol. The Morgan fingerprint density at radius 3 is 2.42 bits per heavy atom. The van der Waals surface area contributed by atoms with Gasteiger partial charge in [0.1, 0.15) is 0 Å². The van der Waals surface area contributed by atoms with Crippen LogP contribution in [0.4, 0.5) is 5.69 Å². The van der Waals surface area contributed by atoms with Crippen molar-refractivity contribution in [2.24, 2.45) is 11.8 Å². The molecule has 0 bridgehead atoms. The van der Waals surface area contributed by atoms with E-state index in [1.807, 2.05) is 0 Å². The Morgan fingerprint density at radius 2 is 1.84 bits per heavy atom. The first-order valence-corrected chi connectivity index (χ1v) is 8.77. The second-order valence-electron chi connectivity index (χ2n) is 5.46. The van der Waals surface area contributed by atoms with E-state index in [1.54, 1.807) is 22.5 Å². The van der Waals surface area contributed by atoms with Gasteiger partial charge in [0.25, 0.3) is 0 Å². The van der Waals surface area contributed by atoms with Crippen LogP contribution in [-0.2, 0) is 10.0 Å². The molecule has 1 aliphatic carbocycles. The van der Waals surface area contributed by atoms with Gasteiger partial charge in [0.2, 0.25) is 10.0 Å². The highest BCUT2D eigenvalue weighted by molar-refractivity contribution is 9.10. The summed E-state index contributed by atoms with van der Waals surface area (Å²) in [5.74, 6) is 1.12. The third kappa shape index (κ3) is 2.30. The summed E-state index contributed by atoms with van der Waals surface area (Å²) in [6, 6.07) is 4.82. The van der Waals surface area contributed by atoms with Gasteiger partial charge in [0.15, 0.2) is 0 Å². The zero-order chi connectivity index (χ0) is 13.6. The summed E-state index contributed by atoms with van der Waals surface area (Å²) in [5, 5.41) is 0. The lowest BCUT2D eigenvalue weighted by molar-refractivity contribution is 0.445. The summed E-state index contributed by atoms with van der Waals surface area (Å²) in [4.78, 5) is 0.327. The molecule has 1 aliphatic heterocycles. The second kappa shape index (κ2) is 4.75. The number of anilines is 1. The van der Waals surface area contributed by atoms with Crippen LogP contribution < -0.4 is 5.73 Å². The highest BCUT2D eigenvalue weighted by Crippen LogP contribution is 2.40. The molecule has 2 atom stereocenters. The van der Waals surface area contributed by atoms with E-state index < -0.39 is 10.0 Å². The summed E-state index contributed by atoms with van der Waals surface area (Å²) >= 11 is 3.29. The van der Waals surface area contributed by atoms with Crippen molar-refractivity contribution in [3.63, 3.8) is 0 Å². The lowest BCUT2D eigenvalue weighted by Crippen LogP contribution is -2.29. The van der Waals surface area contributed by atoms with Gasteiger partial charge >= 0.3 is 0 Å². The van der Waals surface area contributed by atoms with Gasteiger partial charge < -0.3 is 5.73 Å². The number of hydrogen-bond donors (Lipinski definition) is 1. The number of halogens is 1. The molecule has 104 valence electrons. The second-order valence-corrected chi connectivity index (χ2v) is 8.25. The predicted molar refractivity (Wildman–Crippen MR) is 78.1 cm³/mol. The number of nitrogens with two attached hydrogens (primary N) is 1. The molecule has 1 saturated carbocycles. The fourth-order valence-electron chi connectivity index (χ4n) is 3.21. The van der Waals surface area contributed by atoms with Crippen LogP contribution in [0.2, 0.25) is 0 Å². The van der Waals surface area contributed by atoms with Crippen molar-refractivity contribution in [3.8, 4) is 0 Å².